The molecule has 3 fully saturated rings. The number of rotatable bonds is 4. The molecule has 0 aromatic heterocycles. The van der Waals surface area contributed by atoms with Crippen LogP contribution in [0.25, 0.3) is 0 Å². The zero-order valence-electron chi connectivity index (χ0n) is 14.6. The number of Topliss-reactive ketones (excluding diaryl/α,β-unsaturated/α-hetero) is 1. The summed E-state index contributed by atoms with van der Waals surface area (Å²) in [4.78, 5) is 24.9. The normalized spacial score (nSPS) is 40.5. The van der Waals surface area contributed by atoms with E-state index in [0.717, 1.165) is 25.8 Å². The molecule has 1 aliphatic carbocycles. The summed E-state index contributed by atoms with van der Waals surface area (Å²) >= 11 is 0. The van der Waals surface area contributed by atoms with Crippen LogP contribution in [0.2, 0.25) is 0 Å². The number of nitrogens with zero attached hydrogens (tertiary/aromatic N) is 1. The Labute approximate surface area is 133 Å². The first-order valence-electron chi connectivity index (χ1n) is 8.28. The zero-order chi connectivity index (χ0) is 16.3. The molecule has 0 amide bonds. The number of hydrogen-bond donors (Lipinski definition) is 0. The monoisotopic (exact) mass is 311 g/mol. The van der Waals surface area contributed by atoms with E-state index >= 15 is 0 Å². The number of likely N-dealkylation sites (tertiary alicyclic amines) is 1. The third-order valence-electron chi connectivity index (χ3n) is 5.91. The predicted octanol–water partition coefficient (Wildman–Crippen LogP) is 2.33. The van der Waals surface area contributed by atoms with Crippen molar-refractivity contribution in [3.63, 3.8) is 0 Å². The summed E-state index contributed by atoms with van der Waals surface area (Å²) in [5.74, 6) is 0.235. The highest BCUT2D eigenvalue weighted by molar-refractivity contribution is 5.83. The molecule has 3 atom stereocenters. The fraction of sp³-hybridized carbons (Fsp3) is 0.941. The van der Waals surface area contributed by atoms with Gasteiger partial charge in [0.2, 0.25) is 0 Å². The van der Waals surface area contributed by atoms with Gasteiger partial charge in [-0.3, -0.25) is 9.69 Å². The number of methoxy groups -OCH3 is 1. The van der Waals surface area contributed by atoms with E-state index in [1.807, 2.05) is 0 Å². The van der Waals surface area contributed by atoms with Gasteiger partial charge in [0.05, 0.1) is 12.0 Å². The maximum atomic E-state index is 11.6. The maximum Gasteiger partial charge on any atom is 0.144 e. The van der Waals surface area contributed by atoms with Crippen LogP contribution in [-0.4, -0.2) is 53.2 Å². The van der Waals surface area contributed by atoms with E-state index in [-0.39, 0.29) is 34.5 Å². The number of ether oxygens (including phenoxy) is 1. The van der Waals surface area contributed by atoms with Crippen LogP contribution < -0.4 is 0 Å². The summed E-state index contributed by atoms with van der Waals surface area (Å²) in [6.07, 6.45) is 3.11. The number of piperidine rings is 1. The van der Waals surface area contributed by atoms with Gasteiger partial charge in [0.15, 0.2) is 0 Å². The first-order valence-corrected chi connectivity index (χ1v) is 8.28. The molecule has 1 saturated carbocycles. The molecular formula is C17H29NO4. The van der Waals surface area contributed by atoms with Crippen molar-refractivity contribution in [2.24, 2.45) is 5.92 Å². The Bertz CT molecular complexity index is 457. The van der Waals surface area contributed by atoms with Crippen LogP contribution in [0.4, 0.5) is 0 Å². The second kappa shape index (κ2) is 5.00. The molecule has 2 saturated heterocycles. The highest BCUT2D eigenvalue weighted by Gasteiger charge is 2.71. The Morgan fingerprint density at radius 3 is 2.14 bits per heavy atom. The Balaban J connectivity index is 1.73. The highest BCUT2D eigenvalue weighted by Crippen LogP contribution is 2.57. The van der Waals surface area contributed by atoms with Gasteiger partial charge in [0, 0.05) is 24.7 Å². The van der Waals surface area contributed by atoms with Gasteiger partial charge in [0.25, 0.3) is 0 Å². The molecule has 1 spiro atoms. The molecule has 3 rings (SSSR count). The molecule has 3 unspecified atom stereocenters. The van der Waals surface area contributed by atoms with Crippen molar-refractivity contribution in [3.8, 4) is 0 Å². The topological polar surface area (TPSA) is 48.0 Å². The van der Waals surface area contributed by atoms with Crippen LogP contribution in [0.15, 0.2) is 0 Å². The van der Waals surface area contributed by atoms with Gasteiger partial charge >= 0.3 is 0 Å². The highest BCUT2D eigenvalue weighted by atomic mass is 17.3. The molecule has 0 bridgehead atoms. The van der Waals surface area contributed by atoms with Gasteiger partial charge in [0.1, 0.15) is 17.5 Å². The first-order chi connectivity index (χ1) is 10.1. The number of ketones is 1. The molecule has 5 heteroatoms. The van der Waals surface area contributed by atoms with Gasteiger partial charge < -0.3 is 4.74 Å². The fourth-order valence-corrected chi connectivity index (χ4v) is 4.67. The minimum atomic E-state index is -0.337. The van der Waals surface area contributed by atoms with Crippen molar-refractivity contribution in [2.45, 2.75) is 82.8 Å². The Morgan fingerprint density at radius 2 is 1.77 bits per heavy atom. The van der Waals surface area contributed by atoms with E-state index in [0.29, 0.717) is 6.10 Å². The van der Waals surface area contributed by atoms with Crippen molar-refractivity contribution < 1.29 is 19.3 Å². The summed E-state index contributed by atoms with van der Waals surface area (Å²) in [6.45, 7) is 11.5. The first kappa shape index (κ1) is 16.4. The van der Waals surface area contributed by atoms with E-state index in [9.17, 15) is 4.79 Å². The molecule has 2 heterocycles. The smallest absolute Gasteiger partial charge is 0.144 e. The summed E-state index contributed by atoms with van der Waals surface area (Å²) in [5, 5.41) is 0. The molecule has 2 aliphatic heterocycles. The predicted molar refractivity (Wildman–Crippen MR) is 82.4 cm³/mol. The molecular weight excluding hydrogens is 282 g/mol. The molecule has 3 aliphatic rings. The third-order valence-corrected chi connectivity index (χ3v) is 5.91. The molecule has 0 aromatic carbocycles. The Morgan fingerprint density at radius 1 is 1.18 bits per heavy atom. The van der Waals surface area contributed by atoms with Gasteiger partial charge in [-0.1, -0.05) is 0 Å². The molecule has 0 N–H and O–H groups in total. The second-order valence-electron chi connectivity index (χ2n) is 8.49. The van der Waals surface area contributed by atoms with Gasteiger partial charge in [-0.2, -0.15) is 0 Å². The van der Waals surface area contributed by atoms with E-state index in [4.69, 9.17) is 14.5 Å². The van der Waals surface area contributed by atoms with Gasteiger partial charge in [-0.05, 0) is 53.9 Å². The van der Waals surface area contributed by atoms with E-state index in [1.165, 1.54) is 0 Å². The SMILES string of the molecule is COC1CC(C)(C)N(CC2OOC23CC3C(C)=O)C(C)(C)C1. The lowest BCUT2D eigenvalue weighted by Gasteiger charge is -2.57. The second-order valence-corrected chi connectivity index (χ2v) is 8.49. The minimum Gasteiger partial charge on any atom is -0.381 e. The van der Waals surface area contributed by atoms with Gasteiger partial charge in [-0.25, -0.2) is 9.78 Å². The molecule has 5 nitrogen and oxygen atoms in total. The summed E-state index contributed by atoms with van der Waals surface area (Å²) < 4.78 is 5.63. The minimum absolute atomic E-state index is 0.000884. The number of carbonyl (C=O) groups excluding carboxylic acids is 1. The Hall–Kier alpha value is -0.490. The average molecular weight is 311 g/mol. The summed E-state index contributed by atoms with van der Waals surface area (Å²) in [7, 11) is 1.80. The molecule has 0 radical (unpaired) electrons. The standard InChI is InChI=1S/C17H29NO4/c1-11(19)13-9-17(13)14(21-22-17)10-18-15(2,3)7-12(20-6)8-16(18,4)5/h12-14H,7-10H2,1-6H3. The third kappa shape index (κ3) is 2.42. The van der Waals surface area contributed by atoms with Crippen LogP contribution >= 0.6 is 0 Å². The van der Waals surface area contributed by atoms with Crippen molar-refractivity contribution >= 4 is 5.78 Å². The lowest BCUT2D eigenvalue weighted by atomic mass is 9.77. The van der Waals surface area contributed by atoms with Crippen LogP contribution in [0.5, 0.6) is 0 Å². The molecule has 22 heavy (non-hydrogen) atoms. The van der Waals surface area contributed by atoms with Crippen LogP contribution in [0, 0.1) is 5.92 Å². The molecule has 0 aromatic rings. The van der Waals surface area contributed by atoms with E-state index in [1.54, 1.807) is 14.0 Å². The Kier molecular flexibility index (Phi) is 3.72. The van der Waals surface area contributed by atoms with Crippen molar-refractivity contribution in [1.82, 2.24) is 4.90 Å². The fourth-order valence-electron chi connectivity index (χ4n) is 4.67. The summed E-state index contributed by atoms with van der Waals surface area (Å²) in [6, 6.07) is 0. The zero-order valence-corrected chi connectivity index (χ0v) is 14.6. The van der Waals surface area contributed by atoms with Crippen molar-refractivity contribution in [1.29, 1.82) is 0 Å². The van der Waals surface area contributed by atoms with Gasteiger partial charge in [-0.15, -0.1) is 0 Å². The number of carbonyl (C=O) groups is 1. The quantitative estimate of drug-likeness (QED) is 0.746. The molecule has 126 valence electrons. The number of hydrogen-bond acceptors (Lipinski definition) is 5. The van der Waals surface area contributed by atoms with Crippen LogP contribution in [-0.2, 0) is 19.3 Å². The lowest BCUT2D eigenvalue weighted by molar-refractivity contribution is -0.484. The van der Waals surface area contributed by atoms with Crippen molar-refractivity contribution in [2.75, 3.05) is 13.7 Å². The summed E-state index contributed by atoms with van der Waals surface area (Å²) in [5.41, 5.74) is -0.275. The maximum absolute atomic E-state index is 11.6. The van der Waals surface area contributed by atoms with Crippen LogP contribution in [0.1, 0.15) is 53.9 Å². The largest absolute Gasteiger partial charge is 0.381 e. The van der Waals surface area contributed by atoms with E-state index in [2.05, 4.69) is 32.6 Å². The lowest BCUT2D eigenvalue weighted by Crippen LogP contribution is -2.66. The van der Waals surface area contributed by atoms with Crippen LogP contribution in [0.3, 0.4) is 0 Å². The average Bonchev–Trinajstić information content (AvgIpc) is 3.12. The van der Waals surface area contributed by atoms with Crippen molar-refractivity contribution in [3.05, 3.63) is 0 Å². The van der Waals surface area contributed by atoms with E-state index < -0.39 is 0 Å².